The third-order valence-electron chi connectivity index (χ3n) is 1.44. The first kappa shape index (κ1) is 8.14. The lowest BCUT2D eigenvalue weighted by Gasteiger charge is -2.00. The summed E-state index contributed by atoms with van der Waals surface area (Å²) in [6.45, 7) is 1.90. The number of carbonyl (C=O) groups is 1. The van der Waals surface area contributed by atoms with Crippen molar-refractivity contribution in [2.45, 2.75) is 6.92 Å². The Morgan fingerprint density at radius 3 is 2.64 bits per heavy atom. The molecule has 1 aromatic carbocycles. The smallest absolute Gasteiger partial charge is 0.218 e. The summed E-state index contributed by atoms with van der Waals surface area (Å²) in [4.78, 5) is 10.8. The van der Waals surface area contributed by atoms with Crippen LogP contribution >= 0.6 is 12.6 Å². The Balaban J connectivity index is 3.23. The minimum Gasteiger partial charge on any atom is -0.398 e. The third-order valence-corrected chi connectivity index (χ3v) is 1.68. The number of rotatable bonds is 1. The van der Waals surface area contributed by atoms with Crippen LogP contribution in [0.25, 0.3) is 0 Å². The van der Waals surface area contributed by atoms with Crippen LogP contribution in [0.5, 0.6) is 0 Å². The van der Waals surface area contributed by atoms with Crippen molar-refractivity contribution in [3.63, 3.8) is 0 Å². The van der Waals surface area contributed by atoms with Gasteiger partial charge in [-0.15, -0.1) is 12.6 Å². The van der Waals surface area contributed by atoms with E-state index in [2.05, 4.69) is 12.6 Å². The Morgan fingerprint density at radius 1 is 1.55 bits per heavy atom. The summed E-state index contributed by atoms with van der Waals surface area (Å²) in [7, 11) is 0. The van der Waals surface area contributed by atoms with Gasteiger partial charge in [-0.25, -0.2) is 0 Å². The predicted octanol–water partition coefficient (Wildman–Crippen LogP) is 1.65. The zero-order valence-electron chi connectivity index (χ0n) is 6.16. The number of benzene rings is 1. The molecule has 0 spiro atoms. The van der Waals surface area contributed by atoms with Gasteiger partial charge >= 0.3 is 0 Å². The molecule has 0 saturated heterocycles. The average Bonchev–Trinajstić information content (AvgIpc) is 1.94. The number of nitrogen functional groups attached to an aromatic ring is 1. The van der Waals surface area contributed by atoms with E-state index in [1.165, 1.54) is 0 Å². The molecule has 0 aliphatic heterocycles. The number of nitrogens with two attached hydrogens (primary N) is 1. The van der Waals surface area contributed by atoms with Crippen LogP contribution in [0, 0.1) is 6.92 Å². The van der Waals surface area contributed by atoms with E-state index < -0.39 is 0 Å². The number of aryl methyl sites for hydroxylation is 1. The van der Waals surface area contributed by atoms with Crippen molar-refractivity contribution >= 4 is 23.4 Å². The Morgan fingerprint density at radius 2 is 2.18 bits per heavy atom. The lowest BCUT2D eigenvalue weighted by molar-refractivity contribution is 0.109. The van der Waals surface area contributed by atoms with E-state index in [1.807, 2.05) is 13.0 Å². The highest BCUT2D eigenvalue weighted by molar-refractivity contribution is 7.97. The molecule has 2 nitrogen and oxygen atoms in total. The van der Waals surface area contributed by atoms with Crippen molar-refractivity contribution in [3.05, 3.63) is 29.3 Å². The van der Waals surface area contributed by atoms with Gasteiger partial charge in [0.15, 0.2) is 0 Å². The summed E-state index contributed by atoms with van der Waals surface area (Å²) < 4.78 is 0. The molecule has 0 aliphatic carbocycles. The quantitative estimate of drug-likeness (QED) is 0.493. The molecule has 0 bridgehead atoms. The van der Waals surface area contributed by atoms with Gasteiger partial charge in [-0.2, -0.15) is 0 Å². The van der Waals surface area contributed by atoms with Gasteiger partial charge in [0, 0.05) is 5.69 Å². The van der Waals surface area contributed by atoms with Gasteiger partial charge in [-0.05, 0) is 19.1 Å². The summed E-state index contributed by atoms with van der Waals surface area (Å²) in [6, 6.07) is 5.29. The van der Waals surface area contributed by atoms with Gasteiger partial charge in [0.05, 0.1) is 5.56 Å². The maximum absolute atomic E-state index is 10.8. The maximum atomic E-state index is 10.8. The number of thiol groups is 1. The molecule has 0 radical (unpaired) electrons. The van der Waals surface area contributed by atoms with E-state index in [9.17, 15) is 4.79 Å². The lowest BCUT2D eigenvalue weighted by atomic mass is 10.1. The van der Waals surface area contributed by atoms with E-state index in [0.29, 0.717) is 11.3 Å². The first-order chi connectivity index (χ1) is 5.11. The Bertz CT molecular complexity index is 296. The second-order valence-corrected chi connectivity index (χ2v) is 2.80. The fourth-order valence-corrected chi connectivity index (χ4v) is 1.05. The molecule has 0 amide bonds. The highest BCUT2D eigenvalue weighted by Gasteiger charge is 2.03. The van der Waals surface area contributed by atoms with E-state index in [4.69, 9.17) is 5.73 Å². The van der Waals surface area contributed by atoms with Crippen LogP contribution in [-0.2, 0) is 0 Å². The molecule has 0 atom stereocenters. The van der Waals surface area contributed by atoms with Crippen molar-refractivity contribution in [3.8, 4) is 0 Å². The largest absolute Gasteiger partial charge is 0.398 e. The Labute approximate surface area is 70.8 Å². The van der Waals surface area contributed by atoms with Crippen molar-refractivity contribution < 1.29 is 4.79 Å². The zero-order chi connectivity index (χ0) is 8.43. The van der Waals surface area contributed by atoms with E-state index >= 15 is 0 Å². The molecule has 58 valence electrons. The topological polar surface area (TPSA) is 43.1 Å². The maximum Gasteiger partial charge on any atom is 0.218 e. The predicted molar refractivity (Wildman–Crippen MR) is 48.9 cm³/mol. The summed E-state index contributed by atoms with van der Waals surface area (Å²) in [6.07, 6.45) is 0. The highest BCUT2D eigenvalue weighted by Crippen LogP contribution is 2.15. The fourth-order valence-electron chi connectivity index (χ4n) is 0.855. The third kappa shape index (κ3) is 1.74. The van der Waals surface area contributed by atoms with Gasteiger partial charge in [0.1, 0.15) is 0 Å². The lowest BCUT2D eigenvalue weighted by Crippen LogP contribution is -1.97. The van der Waals surface area contributed by atoms with Crippen molar-refractivity contribution in [1.82, 2.24) is 0 Å². The van der Waals surface area contributed by atoms with Crippen molar-refractivity contribution in [1.29, 1.82) is 0 Å². The second kappa shape index (κ2) is 2.96. The minimum absolute atomic E-state index is 0.286. The first-order valence-electron chi connectivity index (χ1n) is 3.20. The van der Waals surface area contributed by atoms with Crippen LogP contribution in [0.1, 0.15) is 15.9 Å². The molecule has 0 fully saturated rings. The molecule has 0 aliphatic rings. The molecule has 11 heavy (non-hydrogen) atoms. The number of hydrogen-bond donors (Lipinski definition) is 2. The molecule has 0 unspecified atom stereocenters. The first-order valence-corrected chi connectivity index (χ1v) is 3.65. The summed E-state index contributed by atoms with van der Waals surface area (Å²) in [5, 5.41) is -0.286. The second-order valence-electron chi connectivity index (χ2n) is 2.40. The van der Waals surface area contributed by atoms with Crippen LogP contribution in [-0.4, -0.2) is 5.12 Å². The van der Waals surface area contributed by atoms with Crippen LogP contribution in [0.2, 0.25) is 0 Å². The van der Waals surface area contributed by atoms with Crippen LogP contribution in [0.3, 0.4) is 0 Å². The van der Waals surface area contributed by atoms with Gasteiger partial charge in [0.2, 0.25) is 5.12 Å². The zero-order valence-corrected chi connectivity index (χ0v) is 7.06. The number of hydrogen-bond acceptors (Lipinski definition) is 2. The van der Waals surface area contributed by atoms with Crippen LogP contribution < -0.4 is 5.73 Å². The van der Waals surface area contributed by atoms with Gasteiger partial charge in [-0.1, -0.05) is 11.6 Å². The fraction of sp³-hybridized carbons (Fsp3) is 0.125. The van der Waals surface area contributed by atoms with E-state index in [1.54, 1.807) is 12.1 Å². The number of carbonyl (C=O) groups excluding carboxylic acids is 1. The molecular formula is C8H9NOS. The normalized spacial score (nSPS) is 9.64. The van der Waals surface area contributed by atoms with Crippen molar-refractivity contribution in [2.24, 2.45) is 0 Å². The van der Waals surface area contributed by atoms with Crippen LogP contribution in [0.15, 0.2) is 18.2 Å². The molecule has 0 saturated carbocycles. The minimum atomic E-state index is -0.286. The van der Waals surface area contributed by atoms with Crippen LogP contribution in [0.4, 0.5) is 5.69 Å². The molecule has 0 heterocycles. The molecule has 0 aromatic heterocycles. The molecule has 3 heteroatoms. The molecule has 1 aromatic rings. The monoisotopic (exact) mass is 167 g/mol. The van der Waals surface area contributed by atoms with E-state index in [-0.39, 0.29) is 5.12 Å². The Hall–Kier alpha value is -0.960. The Kier molecular flexibility index (Phi) is 2.19. The number of anilines is 1. The summed E-state index contributed by atoms with van der Waals surface area (Å²) in [5.74, 6) is 0. The van der Waals surface area contributed by atoms with E-state index in [0.717, 1.165) is 5.56 Å². The molecule has 2 N–H and O–H groups in total. The van der Waals surface area contributed by atoms with Gasteiger partial charge in [-0.3, -0.25) is 4.79 Å². The summed E-state index contributed by atoms with van der Waals surface area (Å²) in [5.41, 5.74) is 7.49. The summed E-state index contributed by atoms with van der Waals surface area (Å²) >= 11 is 3.69. The van der Waals surface area contributed by atoms with Gasteiger partial charge in [0.25, 0.3) is 0 Å². The van der Waals surface area contributed by atoms with Gasteiger partial charge < -0.3 is 5.73 Å². The average molecular weight is 167 g/mol. The van der Waals surface area contributed by atoms with Crippen molar-refractivity contribution in [2.75, 3.05) is 5.73 Å². The highest BCUT2D eigenvalue weighted by atomic mass is 32.1. The molecular weight excluding hydrogens is 158 g/mol. The standard InChI is InChI=1S/C8H9NOS/c1-5-2-3-7(9)6(4-5)8(10)11/h2-4H,9H2,1H3,(H,10,11). The SMILES string of the molecule is Cc1ccc(N)c(C(=O)S)c1. The molecule has 1 rings (SSSR count).